The Morgan fingerprint density at radius 1 is 1.32 bits per heavy atom. The summed E-state index contributed by atoms with van der Waals surface area (Å²) in [5, 5.41) is 6.99. The van der Waals surface area contributed by atoms with Gasteiger partial charge in [0.05, 0.1) is 0 Å². The zero-order valence-electron chi connectivity index (χ0n) is 12.7. The lowest BCUT2D eigenvalue weighted by Gasteiger charge is -2.18. The molecule has 1 aromatic rings. The van der Waals surface area contributed by atoms with Gasteiger partial charge in [0, 0.05) is 18.2 Å². The Balaban J connectivity index is 2.21. The molecule has 0 aromatic carbocycles. The Hall–Kier alpha value is -1.32. The lowest BCUT2D eigenvalue weighted by Crippen LogP contribution is -2.15. The number of aromatic nitrogens is 2. The second-order valence-electron chi connectivity index (χ2n) is 6.46. The fourth-order valence-electron chi connectivity index (χ4n) is 2.32. The standard InChI is InChI=1S/C15H26N4/c1-6-7-16-13-12(10(2)3)14(18-9-17-13)19-11-8-15(11,4)5/h9-11H,6-8H2,1-5H3,(H2,16,17,18,19). The molecule has 0 saturated heterocycles. The van der Waals surface area contributed by atoms with Crippen LogP contribution >= 0.6 is 0 Å². The van der Waals surface area contributed by atoms with Gasteiger partial charge in [0.25, 0.3) is 0 Å². The van der Waals surface area contributed by atoms with Gasteiger partial charge in [-0.2, -0.15) is 0 Å². The molecule has 1 aliphatic carbocycles. The summed E-state index contributed by atoms with van der Waals surface area (Å²) in [6.07, 6.45) is 3.97. The summed E-state index contributed by atoms with van der Waals surface area (Å²) in [6, 6.07) is 0.541. The van der Waals surface area contributed by atoms with Gasteiger partial charge in [0.1, 0.15) is 18.0 Å². The average molecular weight is 262 g/mol. The van der Waals surface area contributed by atoms with Crippen LogP contribution in [0, 0.1) is 5.41 Å². The minimum atomic E-state index is 0.399. The van der Waals surface area contributed by atoms with E-state index in [0.717, 1.165) is 24.6 Å². The molecule has 0 bridgehead atoms. The SMILES string of the molecule is CCCNc1ncnc(NC2CC2(C)C)c1C(C)C. The Kier molecular flexibility index (Phi) is 3.97. The number of anilines is 2. The van der Waals surface area contributed by atoms with Crippen LogP contribution in [0.4, 0.5) is 11.6 Å². The van der Waals surface area contributed by atoms with Gasteiger partial charge >= 0.3 is 0 Å². The Morgan fingerprint density at radius 3 is 2.47 bits per heavy atom. The number of rotatable bonds is 6. The molecule has 1 aliphatic rings. The van der Waals surface area contributed by atoms with Crippen molar-refractivity contribution in [1.82, 2.24) is 9.97 Å². The average Bonchev–Trinajstić information content (AvgIpc) is 2.93. The van der Waals surface area contributed by atoms with E-state index in [2.05, 4.69) is 55.2 Å². The summed E-state index contributed by atoms with van der Waals surface area (Å²) >= 11 is 0. The lowest BCUT2D eigenvalue weighted by molar-refractivity contribution is 0.629. The highest BCUT2D eigenvalue weighted by Gasteiger charge is 2.46. The third kappa shape index (κ3) is 3.17. The maximum atomic E-state index is 4.45. The number of nitrogens with zero attached hydrogens (tertiary/aromatic N) is 2. The van der Waals surface area contributed by atoms with Crippen molar-refractivity contribution in [3.63, 3.8) is 0 Å². The highest BCUT2D eigenvalue weighted by atomic mass is 15.1. The van der Waals surface area contributed by atoms with Crippen molar-refractivity contribution < 1.29 is 0 Å². The van der Waals surface area contributed by atoms with Crippen molar-refractivity contribution in [3.8, 4) is 0 Å². The smallest absolute Gasteiger partial charge is 0.135 e. The van der Waals surface area contributed by atoms with Crippen LogP contribution < -0.4 is 10.6 Å². The summed E-state index contributed by atoms with van der Waals surface area (Å²) in [5.41, 5.74) is 1.61. The molecule has 1 aromatic heterocycles. The molecule has 2 N–H and O–H groups in total. The van der Waals surface area contributed by atoms with E-state index >= 15 is 0 Å². The molecule has 4 heteroatoms. The third-order valence-electron chi connectivity index (χ3n) is 3.83. The van der Waals surface area contributed by atoms with Crippen molar-refractivity contribution in [1.29, 1.82) is 0 Å². The molecule has 1 saturated carbocycles. The maximum absolute atomic E-state index is 4.45. The summed E-state index contributed by atoms with van der Waals surface area (Å²) < 4.78 is 0. The molecule has 0 radical (unpaired) electrons. The zero-order chi connectivity index (χ0) is 14.0. The second kappa shape index (κ2) is 5.35. The highest BCUT2D eigenvalue weighted by molar-refractivity contribution is 5.60. The molecule has 1 heterocycles. The molecule has 0 aliphatic heterocycles. The molecule has 1 unspecified atom stereocenters. The third-order valence-corrected chi connectivity index (χ3v) is 3.83. The Labute approximate surface area is 116 Å². The van der Waals surface area contributed by atoms with Gasteiger partial charge in [-0.15, -0.1) is 0 Å². The molecule has 2 rings (SSSR count). The monoisotopic (exact) mass is 262 g/mol. The summed E-state index contributed by atoms with van der Waals surface area (Å²) in [4.78, 5) is 8.85. The molecule has 0 spiro atoms. The molecule has 0 amide bonds. The van der Waals surface area contributed by atoms with Crippen LogP contribution in [0.5, 0.6) is 0 Å². The fraction of sp³-hybridized carbons (Fsp3) is 0.733. The fourth-order valence-corrected chi connectivity index (χ4v) is 2.32. The van der Waals surface area contributed by atoms with Crippen LogP contribution in [0.3, 0.4) is 0 Å². The van der Waals surface area contributed by atoms with Gasteiger partial charge < -0.3 is 10.6 Å². The van der Waals surface area contributed by atoms with Gasteiger partial charge in [-0.25, -0.2) is 9.97 Å². The van der Waals surface area contributed by atoms with E-state index in [1.54, 1.807) is 6.33 Å². The minimum absolute atomic E-state index is 0.399. The first-order valence-corrected chi connectivity index (χ1v) is 7.31. The largest absolute Gasteiger partial charge is 0.370 e. The lowest BCUT2D eigenvalue weighted by atomic mass is 10.0. The van der Waals surface area contributed by atoms with Gasteiger partial charge in [0.2, 0.25) is 0 Å². The van der Waals surface area contributed by atoms with Gasteiger partial charge in [-0.3, -0.25) is 0 Å². The van der Waals surface area contributed by atoms with E-state index < -0.39 is 0 Å². The van der Waals surface area contributed by atoms with Gasteiger partial charge in [-0.05, 0) is 24.2 Å². The van der Waals surface area contributed by atoms with Crippen LogP contribution in [0.2, 0.25) is 0 Å². The van der Waals surface area contributed by atoms with Gasteiger partial charge in [-0.1, -0.05) is 34.6 Å². The maximum Gasteiger partial charge on any atom is 0.135 e. The van der Waals surface area contributed by atoms with E-state index in [1.807, 2.05) is 0 Å². The van der Waals surface area contributed by atoms with Crippen molar-refractivity contribution >= 4 is 11.6 Å². The topological polar surface area (TPSA) is 49.8 Å². The first-order chi connectivity index (χ1) is 8.95. The van der Waals surface area contributed by atoms with Crippen molar-refractivity contribution in [2.75, 3.05) is 17.2 Å². The number of nitrogens with one attached hydrogen (secondary N) is 2. The van der Waals surface area contributed by atoms with Crippen LogP contribution in [0.25, 0.3) is 0 Å². The summed E-state index contributed by atoms with van der Waals surface area (Å²) in [5.74, 6) is 2.39. The zero-order valence-corrected chi connectivity index (χ0v) is 12.7. The molecular formula is C15H26N4. The Morgan fingerprint density at radius 2 is 1.95 bits per heavy atom. The van der Waals surface area contributed by atoms with E-state index in [1.165, 1.54) is 12.0 Å². The predicted molar refractivity (Wildman–Crippen MR) is 80.7 cm³/mol. The molecule has 19 heavy (non-hydrogen) atoms. The highest BCUT2D eigenvalue weighted by Crippen LogP contribution is 2.47. The van der Waals surface area contributed by atoms with Crippen molar-refractivity contribution in [2.24, 2.45) is 5.41 Å². The van der Waals surface area contributed by atoms with E-state index in [4.69, 9.17) is 0 Å². The first kappa shape index (κ1) is 14.1. The molecule has 1 fully saturated rings. The predicted octanol–water partition coefficient (Wildman–Crippen LogP) is 3.63. The normalized spacial score (nSPS) is 20.4. The van der Waals surface area contributed by atoms with E-state index in [-0.39, 0.29) is 0 Å². The number of hydrogen-bond acceptors (Lipinski definition) is 4. The van der Waals surface area contributed by atoms with Crippen molar-refractivity contribution in [3.05, 3.63) is 11.9 Å². The molecule has 106 valence electrons. The van der Waals surface area contributed by atoms with E-state index in [0.29, 0.717) is 17.4 Å². The molecular weight excluding hydrogens is 236 g/mol. The Bertz CT molecular complexity index is 440. The summed E-state index contributed by atoms with van der Waals surface area (Å²) in [7, 11) is 0. The minimum Gasteiger partial charge on any atom is -0.370 e. The number of hydrogen-bond donors (Lipinski definition) is 2. The molecule has 1 atom stereocenters. The van der Waals surface area contributed by atoms with Crippen molar-refractivity contribution in [2.45, 2.75) is 59.4 Å². The van der Waals surface area contributed by atoms with Crippen LogP contribution in [-0.2, 0) is 0 Å². The first-order valence-electron chi connectivity index (χ1n) is 7.31. The van der Waals surface area contributed by atoms with Crippen LogP contribution in [0.1, 0.15) is 58.9 Å². The summed E-state index contributed by atoms with van der Waals surface area (Å²) in [6.45, 7) is 12.1. The van der Waals surface area contributed by atoms with E-state index in [9.17, 15) is 0 Å². The molecule has 4 nitrogen and oxygen atoms in total. The van der Waals surface area contributed by atoms with Crippen LogP contribution in [0.15, 0.2) is 6.33 Å². The second-order valence-corrected chi connectivity index (χ2v) is 6.46. The quantitative estimate of drug-likeness (QED) is 0.822. The van der Waals surface area contributed by atoms with Crippen LogP contribution in [-0.4, -0.2) is 22.6 Å². The van der Waals surface area contributed by atoms with Gasteiger partial charge in [0.15, 0.2) is 0 Å².